The summed E-state index contributed by atoms with van der Waals surface area (Å²) in [5, 5.41) is 0. The summed E-state index contributed by atoms with van der Waals surface area (Å²) >= 11 is 0. The highest BCUT2D eigenvalue weighted by molar-refractivity contribution is 6.08. The van der Waals surface area contributed by atoms with Gasteiger partial charge in [0.2, 0.25) is 0 Å². The average Bonchev–Trinajstić information content (AvgIpc) is 2.37. The van der Waals surface area contributed by atoms with Crippen LogP contribution in [0.5, 0.6) is 0 Å². The lowest BCUT2D eigenvalue weighted by atomic mass is 9.86. The predicted molar refractivity (Wildman–Crippen MR) is 77.5 cm³/mol. The Labute approximate surface area is 114 Å². The smallest absolute Gasteiger partial charge is 0.194 e. The Hall–Kier alpha value is -1.96. The van der Waals surface area contributed by atoms with E-state index in [4.69, 9.17) is 0 Å². The zero-order chi connectivity index (χ0) is 14.0. The molecular weight excluding hydrogens is 234 g/mol. The van der Waals surface area contributed by atoms with Crippen LogP contribution in [0.2, 0.25) is 0 Å². The van der Waals surface area contributed by atoms with Crippen molar-refractivity contribution < 1.29 is 4.79 Å². The molecule has 0 amide bonds. The second kappa shape index (κ2) is 4.96. The fourth-order valence-electron chi connectivity index (χ4n) is 1.97. The first-order valence-electron chi connectivity index (χ1n) is 6.45. The Kier molecular flexibility index (Phi) is 3.52. The number of hydrogen-bond donors (Lipinski definition) is 0. The van der Waals surface area contributed by atoms with Crippen molar-refractivity contribution in [1.82, 2.24) is 4.98 Å². The molecule has 0 radical (unpaired) electrons. The predicted octanol–water partition coefficient (Wildman–Crippen LogP) is 3.92. The molecule has 2 heteroatoms. The highest BCUT2D eigenvalue weighted by atomic mass is 16.1. The van der Waals surface area contributed by atoms with Gasteiger partial charge in [-0.3, -0.25) is 9.78 Å². The molecule has 0 aliphatic carbocycles. The zero-order valence-corrected chi connectivity index (χ0v) is 11.9. The highest BCUT2D eigenvalue weighted by Crippen LogP contribution is 2.22. The lowest BCUT2D eigenvalue weighted by molar-refractivity contribution is 0.103. The number of aromatic nitrogens is 1. The fourth-order valence-corrected chi connectivity index (χ4v) is 1.97. The number of hydrogen-bond acceptors (Lipinski definition) is 2. The summed E-state index contributed by atoms with van der Waals surface area (Å²) in [6.45, 7) is 8.42. The maximum atomic E-state index is 12.3. The van der Waals surface area contributed by atoms with Gasteiger partial charge in [0.25, 0.3) is 0 Å². The van der Waals surface area contributed by atoms with Gasteiger partial charge in [0.15, 0.2) is 5.78 Å². The maximum absolute atomic E-state index is 12.3. The third-order valence-corrected chi connectivity index (χ3v) is 3.15. The first-order valence-corrected chi connectivity index (χ1v) is 6.45. The molecule has 0 spiro atoms. The number of rotatable bonds is 2. The number of benzene rings is 1. The molecule has 0 saturated carbocycles. The van der Waals surface area contributed by atoms with E-state index in [1.807, 2.05) is 37.3 Å². The molecule has 0 aliphatic heterocycles. The van der Waals surface area contributed by atoms with Gasteiger partial charge in [-0.1, -0.05) is 45.0 Å². The van der Waals surface area contributed by atoms with E-state index in [1.165, 1.54) is 5.56 Å². The van der Waals surface area contributed by atoms with Crippen LogP contribution in [-0.2, 0) is 5.41 Å². The third-order valence-electron chi connectivity index (χ3n) is 3.15. The van der Waals surface area contributed by atoms with Crippen molar-refractivity contribution in [3.05, 3.63) is 65.0 Å². The fraction of sp³-hybridized carbons (Fsp3) is 0.294. The van der Waals surface area contributed by atoms with Crippen molar-refractivity contribution in [2.45, 2.75) is 33.1 Å². The van der Waals surface area contributed by atoms with Gasteiger partial charge in [-0.25, -0.2) is 0 Å². The maximum Gasteiger partial charge on any atom is 0.194 e. The molecule has 1 aromatic heterocycles. The van der Waals surface area contributed by atoms with E-state index < -0.39 is 0 Å². The molecule has 0 unspecified atom stereocenters. The Morgan fingerprint density at radius 2 is 1.63 bits per heavy atom. The van der Waals surface area contributed by atoms with Crippen molar-refractivity contribution in [3.8, 4) is 0 Å². The van der Waals surface area contributed by atoms with Gasteiger partial charge in [0.05, 0.1) is 0 Å². The molecule has 0 saturated heterocycles. The van der Waals surface area contributed by atoms with Crippen LogP contribution in [0.4, 0.5) is 0 Å². The van der Waals surface area contributed by atoms with E-state index in [0.29, 0.717) is 11.1 Å². The van der Waals surface area contributed by atoms with E-state index in [0.717, 1.165) is 5.56 Å². The molecule has 0 aliphatic rings. The van der Waals surface area contributed by atoms with Crippen molar-refractivity contribution in [2.24, 2.45) is 0 Å². The number of carbonyl (C=O) groups is 1. The summed E-state index contributed by atoms with van der Waals surface area (Å²) in [4.78, 5) is 16.4. The molecule has 1 aromatic carbocycles. The van der Waals surface area contributed by atoms with E-state index in [2.05, 4.69) is 25.8 Å². The molecule has 0 fully saturated rings. The second-order valence-electron chi connectivity index (χ2n) is 5.91. The first kappa shape index (κ1) is 13.5. The zero-order valence-electron chi connectivity index (χ0n) is 11.9. The molecule has 1 heterocycles. The highest BCUT2D eigenvalue weighted by Gasteiger charge is 2.15. The topological polar surface area (TPSA) is 30.0 Å². The number of pyridine rings is 1. The quantitative estimate of drug-likeness (QED) is 0.759. The van der Waals surface area contributed by atoms with Crippen LogP contribution in [0, 0.1) is 6.92 Å². The summed E-state index contributed by atoms with van der Waals surface area (Å²) in [5.74, 6) is 0.0247. The van der Waals surface area contributed by atoms with E-state index in [1.54, 1.807) is 12.4 Å². The van der Waals surface area contributed by atoms with E-state index in [9.17, 15) is 4.79 Å². The first-order chi connectivity index (χ1) is 8.88. The van der Waals surface area contributed by atoms with Crippen LogP contribution in [0.15, 0.2) is 42.7 Å². The van der Waals surface area contributed by atoms with Crippen LogP contribution in [-0.4, -0.2) is 10.8 Å². The van der Waals surface area contributed by atoms with Gasteiger partial charge in [-0.05, 0) is 29.5 Å². The molecular formula is C17H19NO. The van der Waals surface area contributed by atoms with Crippen molar-refractivity contribution in [3.63, 3.8) is 0 Å². The van der Waals surface area contributed by atoms with Gasteiger partial charge in [0, 0.05) is 23.5 Å². The minimum absolute atomic E-state index is 0.0247. The van der Waals surface area contributed by atoms with E-state index in [-0.39, 0.29) is 11.2 Å². The van der Waals surface area contributed by atoms with Gasteiger partial charge >= 0.3 is 0 Å². The van der Waals surface area contributed by atoms with Gasteiger partial charge in [-0.2, -0.15) is 0 Å². The molecule has 19 heavy (non-hydrogen) atoms. The van der Waals surface area contributed by atoms with Crippen LogP contribution in [0.1, 0.15) is 47.8 Å². The molecule has 2 rings (SSSR count). The molecule has 0 atom stereocenters. The SMILES string of the molecule is Cc1cncc(C(=O)c2ccc(C(C)(C)C)cc2)c1. The van der Waals surface area contributed by atoms with Crippen molar-refractivity contribution >= 4 is 5.78 Å². The van der Waals surface area contributed by atoms with Gasteiger partial charge < -0.3 is 0 Å². The standard InChI is InChI=1S/C17H19NO/c1-12-9-14(11-18-10-12)16(19)13-5-7-15(8-6-13)17(2,3)4/h5-11H,1-4H3. The molecule has 2 nitrogen and oxygen atoms in total. The molecule has 0 bridgehead atoms. The second-order valence-corrected chi connectivity index (χ2v) is 5.91. The minimum atomic E-state index is 0.0247. The third kappa shape index (κ3) is 3.08. The normalized spacial score (nSPS) is 11.4. The molecule has 2 aromatic rings. The van der Waals surface area contributed by atoms with Crippen LogP contribution >= 0.6 is 0 Å². The van der Waals surface area contributed by atoms with Gasteiger partial charge in [0.1, 0.15) is 0 Å². The Balaban J connectivity index is 2.30. The minimum Gasteiger partial charge on any atom is -0.289 e. The lowest BCUT2D eigenvalue weighted by Crippen LogP contribution is -2.11. The average molecular weight is 253 g/mol. The number of aryl methyl sites for hydroxylation is 1. The Morgan fingerprint density at radius 3 is 2.16 bits per heavy atom. The largest absolute Gasteiger partial charge is 0.289 e. The summed E-state index contributed by atoms with van der Waals surface area (Å²) in [5.41, 5.74) is 3.68. The number of nitrogens with zero attached hydrogens (tertiary/aromatic N) is 1. The summed E-state index contributed by atoms with van der Waals surface area (Å²) in [6.07, 6.45) is 3.37. The van der Waals surface area contributed by atoms with Crippen molar-refractivity contribution in [2.75, 3.05) is 0 Å². The van der Waals surface area contributed by atoms with Crippen LogP contribution < -0.4 is 0 Å². The molecule has 0 N–H and O–H groups in total. The van der Waals surface area contributed by atoms with Crippen LogP contribution in [0.3, 0.4) is 0 Å². The van der Waals surface area contributed by atoms with Crippen molar-refractivity contribution in [1.29, 1.82) is 0 Å². The summed E-state index contributed by atoms with van der Waals surface area (Å²) in [6, 6.07) is 9.70. The Morgan fingerprint density at radius 1 is 1.00 bits per heavy atom. The summed E-state index contributed by atoms with van der Waals surface area (Å²) in [7, 11) is 0. The summed E-state index contributed by atoms with van der Waals surface area (Å²) < 4.78 is 0. The Bertz CT molecular complexity index is 591. The number of carbonyl (C=O) groups excluding carboxylic acids is 1. The van der Waals surface area contributed by atoms with Crippen LogP contribution in [0.25, 0.3) is 0 Å². The van der Waals surface area contributed by atoms with E-state index >= 15 is 0 Å². The number of ketones is 1. The molecule has 98 valence electrons. The lowest BCUT2D eigenvalue weighted by Gasteiger charge is -2.18. The monoisotopic (exact) mass is 253 g/mol. The van der Waals surface area contributed by atoms with Gasteiger partial charge in [-0.15, -0.1) is 0 Å².